The molecule has 108 valence electrons. The predicted molar refractivity (Wildman–Crippen MR) is 88.1 cm³/mol. The number of aromatic nitrogens is 1. The number of pyridine rings is 1. The van der Waals surface area contributed by atoms with Gasteiger partial charge in [0.15, 0.2) is 0 Å². The van der Waals surface area contributed by atoms with Crippen molar-refractivity contribution in [3.05, 3.63) is 40.7 Å². The fraction of sp³-hybridized carbons (Fsp3) is 0.357. The van der Waals surface area contributed by atoms with Gasteiger partial charge in [-0.3, -0.25) is 0 Å². The number of anilines is 1. The van der Waals surface area contributed by atoms with Gasteiger partial charge in [-0.05, 0) is 34.5 Å². The van der Waals surface area contributed by atoms with E-state index in [-0.39, 0.29) is 6.04 Å². The molecule has 0 bridgehead atoms. The monoisotopic (exact) mass is 309 g/mol. The molecule has 2 heterocycles. The van der Waals surface area contributed by atoms with E-state index in [0.29, 0.717) is 24.8 Å². The lowest BCUT2D eigenvalue weighted by Gasteiger charge is -2.14. The lowest BCUT2D eigenvalue weighted by atomic mass is 10.2. The standard InChI is InChI=1S/C14H19N3OS2/c15-12(9-19)8-17-13-2-1-5-16-14(13)18-6-3-11-4-7-20-10-11/h1-2,4-5,7,10,12,17,19H,3,6,8-9,15H2. The van der Waals surface area contributed by atoms with Crippen LogP contribution in [0.25, 0.3) is 0 Å². The third kappa shape index (κ3) is 4.70. The maximum atomic E-state index is 5.84. The maximum Gasteiger partial charge on any atom is 0.237 e. The predicted octanol–water partition coefficient (Wildman–Crippen LogP) is 2.43. The van der Waals surface area contributed by atoms with Gasteiger partial charge in [0.05, 0.1) is 12.3 Å². The topological polar surface area (TPSA) is 60.2 Å². The van der Waals surface area contributed by atoms with Crippen LogP contribution in [0.2, 0.25) is 0 Å². The molecule has 0 amide bonds. The van der Waals surface area contributed by atoms with Crippen molar-refractivity contribution in [2.24, 2.45) is 5.73 Å². The van der Waals surface area contributed by atoms with Gasteiger partial charge in [0, 0.05) is 31.0 Å². The van der Waals surface area contributed by atoms with Crippen LogP contribution in [0.15, 0.2) is 35.2 Å². The second kappa shape index (κ2) is 8.14. The summed E-state index contributed by atoms with van der Waals surface area (Å²) in [5, 5.41) is 7.45. The van der Waals surface area contributed by atoms with Crippen LogP contribution >= 0.6 is 24.0 Å². The molecule has 0 aliphatic heterocycles. The van der Waals surface area contributed by atoms with Crippen molar-refractivity contribution in [1.29, 1.82) is 0 Å². The Morgan fingerprint density at radius 1 is 1.45 bits per heavy atom. The second-order valence-corrected chi connectivity index (χ2v) is 5.55. The summed E-state index contributed by atoms with van der Waals surface area (Å²) in [7, 11) is 0. The molecule has 0 aliphatic rings. The SMILES string of the molecule is NC(CS)CNc1cccnc1OCCc1ccsc1. The Labute approximate surface area is 128 Å². The molecule has 0 saturated carbocycles. The minimum absolute atomic E-state index is 0.0113. The average molecular weight is 309 g/mol. The van der Waals surface area contributed by atoms with Gasteiger partial charge in [0.25, 0.3) is 0 Å². The van der Waals surface area contributed by atoms with Crippen LogP contribution in [0.5, 0.6) is 5.88 Å². The molecular weight excluding hydrogens is 290 g/mol. The fourth-order valence-electron chi connectivity index (χ4n) is 1.65. The Morgan fingerprint density at radius 2 is 2.35 bits per heavy atom. The third-order valence-corrected chi connectivity index (χ3v) is 3.97. The zero-order valence-corrected chi connectivity index (χ0v) is 12.9. The smallest absolute Gasteiger partial charge is 0.237 e. The molecular formula is C14H19N3OS2. The van der Waals surface area contributed by atoms with Crippen molar-refractivity contribution in [3.8, 4) is 5.88 Å². The molecule has 2 rings (SSSR count). The number of hydrogen-bond donors (Lipinski definition) is 3. The first-order chi connectivity index (χ1) is 9.79. The summed E-state index contributed by atoms with van der Waals surface area (Å²) < 4.78 is 5.75. The van der Waals surface area contributed by atoms with Crippen molar-refractivity contribution in [2.75, 3.05) is 24.2 Å². The summed E-state index contributed by atoms with van der Waals surface area (Å²) in [6.45, 7) is 1.26. The van der Waals surface area contributed by atoms with Gasteiger partial charge in [-0.2, -0.15) is 24.0 Å². The molecule has 0 aliphatic carbocycles. The van der Waals surface area contributed by atoms with Crippen molar-refractivity contribution < 1.29 is 4.74 Å². The van der Waals surface area contributed by atoms with Crippen LogP contribution in [-0.2, 0) is 6.42 Å². The summed E-state index contributed by atoms with van der Waals surface area (Å²) in [5.74, 6) is 1.26. The first-order valence-electron chi connectivity index (χ1n) is 6.49. The van der Waals surface area contributed by atoms with Gasteiger partial charge in [-0.1, -0.05) is 0 Å². The maximum absolute atomic E-state index is 5.84. The van der Waals surface area contributed by atoms with Gasteiger partial charge in [0.2, 0.25) is 5.88 Å². The highest BCUT2D eigenvalue weighted by Crippen LogP contribution is 2.20. The fourth-order valence-corrected chi connectivity index (χ4v) is 2.48. The Bertz CT molecular complexity index is 505. The summed E-state index contributed by atoms with van der Waals surface area (Å²) in [6, 6.07) is 5.94. The lowest BCUT2D eigenvalue weighted by molar-refractivity contribution is 0.311. The lowest BCUT2D eigenvalue weighted by Crippen LogP contribution is -2.30. The van der Waals surface area contributed by atoms with Gasteiger partial charge in [0.1, 0.15) is 0 Å². The van der Waals surface area contributed by atoms with Gasteiger partial charge < -0.3 is 15.8 Å². The molecule has 4 nitrogen and oxygen atoms in total. The summed E-state index contributed by atoms with van der Waals surface area (Å²) in [5.41, 5.74) is 8.00. The normalized spacial score (nSPS) is 12.1. The molecule has 0 spiro atoms. The molecule has 20 heavy (non-hydrogen) atoms. The Balaban J connectivity index is 1.86. The number of thiophene rings is 1. The van der Waals surface area contributed by atoms with E-state index < -0.39 is 0 Å². The molecule has 0 radical (unpaired) electrons. The number of thiol groups is 1. The number of nitrogens with two attached hydrogens (primary N) is 1. The van der Waals surface area contributed by atoms with Crippen molar-refractivity contribution in [3.63, 3.8) is 0 Å². The zero-order valence-electron chi connectivity index (χ0n) is 11.2. The van der Waals surface area contributed by atoms with Crippen molar-refractivity contribution in [2.45, 2.75) is 12.5 Å². The minimum Gasteiger partial charge on any atom is -0.476 e. The van der Waals surface area contributed by atoms with E-state index in [1.54, 1.807) is 17.5 Å². The molecule has 2 aromatic rings. The van der Waals surface area contributed by atoms with Gasteiger partial charge in [-0.15, -0.1) is 0 Å². The van der Waals surface area contributed by atoms with E-state index in [4.69, 9.17) is 10.5 Å². The first kappa shape index (κ1) is 15.2. The number of hydrogen-bond acceptors (Lipinski definition) is 6. The number of rotatable bonds is 8. The largest absolute Gasteiger partial charge is 0.476 e. The van der Waals surface area contributed by atoms with Crippen LogP contribution in [0.1, 0.15) is 5.56 Å². The minimum atomic E-state index is 0.0113. The Hall–Kier alpha value is -1.24. The van der Waals surface area contributed by atoms with E-state index in [2.05, 4.69) is 39.8 Å². The molecule has 2 aromatic heterocycles. The van der Waals surface area contributed by atoms with E-state index in [0.717, 1.165) is 12.1 Å². The van der Waals surface area contributed by atoms with Crippen molar-refractivity contribution >= 4 is 29.7 Å². The molecule has 1 atom stereocenters. The quantitative estimate of drug-likeness (QED) is 0.656. The summed E-state index contributed by atoms with van der Waals surface area (Å²) in [4.78, 5) is 4.26. The van der Waals surface area contributed by atoms with E-state index >= 15 is 0 Å². The number of nitrogens with one attached hydrogen (secondary N) is 1. The number of nitrogens with zero attached hydrogens (tertiary/aromatic N) is 1. The van der Waals surface area contributed by atoms with E-state index in [9.17, 15) is 0 Å². The van der Waals surface area contributed by atoms with Crippen LogP contribution in [0.3, 0.4) is 0 Å². The summed E-state index contributed by atoms with van der Waals surface area (Å²) >= 11 is 5.87. The van der Waals surface area contributed by atoms with E-state index in [1.165, 1.54) is 5.56 Å². The number of ether oxygens (including phenoxy) is 1. The first-order valence-corrected chi connectivity index (χ1v) is 8.06. The molecule has 1 unspecified atom stereocenters. The highest BCUT2D eigenvalue weighted by Gasteiger charge is 2.06. The molecule has 0 aromatic carbocycles. The summed E-state index contributed by atoms with van der Waals surface area (Å²) in [6.07, 6.45) is 2.61. The molecule has 3 N–H and O–H groups in total. The zero-order chi connectivity index (χ0) is 14.2. The van der Waals surface area contributed by atoms with Crippen molar-refractivity contribution in [1.82, 2.24) is 4.98 Å². The van der Waals surface area contributed by atoms with Gasteiger partial charge >= 0.3 is 0 Å². The Morgan fingerprint density at radius 3 is 3.10 bits per heavy atom. The second-order valence-electron chi connectivity index (χ2n) is 4.41. The molecule has 0 fully saturated rings. The van der Waals surface area contributed by atoms with Gasteiger partial charge in [-0.25, -0.2) is 4.98 Å². The van der Waals surface area contributed by atoms with Crippen LogP contribution in [0.4, 0.5) is 5.69 Å². The van der Waals surface area contributed by atoms with E-state index in [1.807, 2.05) is 12.1 Å². The third-order valence-electron chi connectivity index (χ3n) is 2.77. The Kier molecular flexibility index (Phi) is 6.17. The van der Waals surface area contributed by atoms with Crippen LogP contribution in [-0.4, -0.2) is 29.9 Å². The van der Waals surface area contributed by atoms with Crippen LogP contribution < -0.4 is 15.8 Å². The highest BCUT2D eigenvalue weighted by atomic mass is 32.1. The highest BCUT2D eigenvalue weighted by molar-refractivity contribution is 7.80. The molecule has 0 saturated heterocycles. The molecule has 6 heteroatoms. The van der Waals surface area contributed by atoms with Crippen LogP contribution in [0, 0.1) is 0 Å². The average Bonchev–Trinajstić information content (AvgIpc) is 2.99.